The van der Waals surface area contributed by atoms with Crippen molar-refractivity contribution in [2.45, 2.75) is 25.7 Å². The van der Waals surface area contributed by atoms with Gasteiger partial charge < -0.3 is 43.0 Å². The molecule has 0 aliphatic heterocycles. The highest BCUT2D eigenvalue weighted by Gasteiger charge is 1.95. The molecular formula is C22H45ClO9. The van der Waals surface area contributed by atoms with Crippen LogP contribution in [0.5, 0.6) is 0 Å². The maximum absolute atomic E-state index is 8.54. The van der Waals surface area contributed by atoms with Crippen LogP contribution in [0.25, 0.3) is 0 Å². The van der Waals surface area contributed by atoms with Crippen LogP contribution in [0.2, 0.25) is 0 Å². The van der Waals surface area contributed by atoms with E-state index in [0.29, 0.717) is 99.1 Å². The van der Waals surface area contributed by atoms with E-state index in [0.717, 1.165) is 25.3 Å². The zero-order valence-corrected chi connectivity index (χ0v) is 20.4. The lowest BCUT2D eigenvalue weighted by Gasteiger charge is -2.08. The highest BCUT2D eigenvalue weighted by Crippen LogP contribution is 2.01. The Bertz CT molecular complexity index is 298. The molecule has 0 saturated carbocycles. The molecule has 0 aliphatic rings. The van der Waals surface area contributed by atoms with E-state index >= 15 is 0 Å². The number of hydrogen-bond acceptors (Lipinski definition) is 9. The molecule has 0 radical (unpaired) electrons. The van der Waals surface area contributed by atoms with Gasteiger partial charge in [0.25, 0.3) is 0 Å². The largest absolute Gasteiger partial charge is 0.394 e. The number of ether oxygens (including phenoxy) is 8. The number of hydrogen-bond donors (Lipinski definition) is 1. The van der Waals surface area contributed by atoms with E-state index in [9.17, 15) is 0 Å². The molecule has 9 nitrogen and oxygen atoms in total. The van der Waals surface area contributed by atoms with Gasteiger partial charge in [-0.1, -0.05) is 12.8 Å². The van der Waals surface area contributed by atoms with Gasteiger partial charge in [-0.05, 0) is 12.8 Å². The Balaban J connectivity index is 2.98. The molecule has 10 heteroatoms. The molecule has 0 aromatic heterocycles. The van der Waals surface area contributed by atoms with Crippen molar-refractivity contribution in [2.75, 3.05) is 118 Å². The molecule has 194 valence electrons. The molecule has 0 rings (SSSR count). The monoisotopic (exact) mass is 488 g/mol. The lowest BCUT2D eigenvalue weighted by molar-refractivity contribution is -0.0238. The Morgan fingerprint density at radius 1 is 0.344 bits per heavy atom. The minimum absolute atomic E-state index is 0.0329. The molecule has 0 aromatic carbocycles. The van der Waals surface area contributed by atoms with Gasteiger partial charge in [0.05, 0.1) is 106 Å². The maximum atomic E-state index is 8.54. The molecular weight excluding hydrogens is 444 g/mol. The zero-order chi connectivity index (χ0) is 23.2. The van der Waals surface area contributed by atoms with Crippen LogP contribution in [0.3, 0.4) is 0 Å². The third-order valence-corrected chi connectivity index (χ3v) is 4.28. The van der Waals surface area contributed by atoms with Gasteiger partial charge in [-0.15, -0.1) is 11.6 Å². The van der Waals surface area contributed by atoms with Crippen molar-refractivity contribution in [2.24, 2.45) is 0 Å². The van der Waals surface area contributed by atoms with Crippen molar-refractivity contribution in [3.8, 4) is 0 Å². The fourth-order valence-electron chi connectivity index (χ4n) is 2.36. The Hall–Kier alpha value is -0.0700. The van der Waals surface area contributed by atoms with Gasteiger partial charge in [0.15, 0.2) is 0 Å². The molecule has 0 spiro atoms. The first-order valence-corrected chi connectivity index (χ1v) is 12.2. The van der Waals surface area contributed by atoms with Crippen molar-refractivity contribution in [1.29, 1.82) is 0 Å². The molecule has 0 atom stereocenters. The van der Waals surface area contributed by atoms with Gasteiger partial charge >= 0.3 is 0 Å². The first-order valence-electron chi connectivity index (χ1n) is 11.7. The van der Waals surface area contributed by atoms with Crippen LogP contribution in [0.4, 0.5) is 0 Å². The second kappa shape index (κ2) is 30.9. The summed E-state index contributed by atoms with van der Waals surface area (Å²) in [5.74, 6) is 0.747. The van der Waals surface area contributed by atoms with Gasteiger partial charge in [0.1, 0.15) is 0 Å². The van der Waals surface area contributed by atoms with Crippen LogP contribution in [0.1, 0.15) is 25.7 Å². The summed E-state index contributed by atoms with van der Waals surface area (Å²) in [7, 11) is 0. The summed E-state index contributed by atoms with van der Waals surface area (Å²) in [6.45, 7) is 8.67. The minimum Gasteiger partial charge on any atom is -0.394 e. The van der Waals surface area contributed by atoms with E-state index in [4.69, 9.17) is 54.6 Å². The summed E-state index contributed by atoms with van der Waals surface area (Å²) >= 11 is 5.63. The Morgan fingerprint density at radius 2 is 0.625 bits per heavy atom. The van der Waals surface area contributed by atoms with Crippen LogP contribution >= 0.6 is 11.6 Å². The first-order chi connectivity index (χ1) is 15.9. The topological polar surface area (TPSA) is 94.1 Å². The van der Waals surface area contributed by atoms with E-state index in [1.165, 1.54) is 12.8 Å². The quantitative estimate of drug-likeness (QED) is 0.125. The number of alkyl halides is 1. The molecule has 0 aliphatic carbocycles. The van der Waals surface area contributed by atoms with Gasteiger partial charge in [0, 0.05) is 12.5 Å². The third kappa shape index (κ3) is 29.9. The minimum atomic E-state index is 0.0329. The van der Waals surface area contributed by atoms with E-state index in [-0.39, 0.29) is 6.61 Å². The van der Waals surface area contributed by atoms with Crippen LogP contribution in [0.15, 0.2) is 0 Å². The normalized spacial score (nSPS) is 11.4. The average Bonchev–Trinajstić information content (AvgIpc) is 2.81. The standard InChI is InChI=1S/C22H45ClO9/c23-5-3-1-2-4-7-25-9-11-27-13-15-29-17-19-31-21-22-32-20-18-30-16-14-28-12-10-26-8-6-24/h24H,1-22H2. The molecule has 0 heterocycles. The van der Waals surface area contributed by atoms with Crippen molar-refractivity contribution in [1.82, 2.24) is 0 Å². The summed E-state index contributed by atoms with van der Waals surface area (Å²) in [6.07, 6.45) is 4.51. The Labute approximate surface area is 198 Å². The SMILES string of the molecule is OCCOCCOCCOCCOCCOCCOCCOCCOCCCCCCCl. The number of unbranched alkanes of at least 4 members (excludes halogenated alkanes) is 3. The fraction of sp³-hybridized carbons (Fsp3) is 1.00. The van der Waals surface area contributed by atoms with Crippen LogP contribution in [-0.2, 0) is 37.9 Å². The van der Waals surface area contributed by atoms with Crippen LogP contribution in [-0.4, -0.2) is 123 Å². The highest BCUT2D eigenvalue weighted by atomic mass is 35.5. The fourth-order valence-corrected chi connectivity index (χ4v) is 2.55. The number of rotatable bonds is 29. The third-order valence-electron chi connectivity index (χ3n) is 4.01. The van der Waals surface area contributed by atoms with Crippen LogP contribution < -0.4 is 0 Å². The molecule has 1 N–H and O–H groups in total. The predicted molar refractivity (Wildman–Crippen MR) is 123 cm³/mol. The van der Waals surface area contributed by atoms with Gasteiger partial charge in [-0.3, -0.25) is 0 Å². The summed E-state index contributed by atoms with van der Waals surface area (Å²) in [5.41, 5.74) is 0. The van der Waals surface area contributed by atoms with Crippen molar-refractivity contribution < 1.29 is 43.0 Å². The lowest BCUT2D eigenvalue weighted by Crippen LogP contribution is -2.15. The Morgan fingerprint density at radius 3 is 0.938 bits per heavy atom. The Kier molecular flexibility index (Phi) is 30.9. The predicted octanol–water partition coefficient (Wildman–Crippen LogP) is 1.91. The molecule has 0 aromatic rings. The highest BCUT2D eigenvalue weighted by molar-refractivity contribution is 6.17. The second-order valence-corrected chi connectivity index (χ2v) is 7.10. The number of halogens is 1. The average molecular weight is 489 g/mol. The summed E-state index contributed by atoms with van der Waals surface area (Å²) in [6, 6.07) is 0. The first kappa shape index (κ1) is 31.9. The molecule has 32 heavy (non-hydrogen) atoms. The zero-order valence-electron chi connectivity index (χ0n) is 19.6. The summed E-state index contributed by atoms with van der Waals surface area (Å²) < 4.78 is 43.0. The molecule has 0 fully saturated rings. The molecule has 0 unspecified atom stereocenters. The van der Waals surface area contributed by atoms with E-state index < -0.39 is 0 Å². The number of aliphatic hydroxyl groups excluding tert-OH is 1. The van der Waals surface area contributed by atoms with Gasteiger partial charge in [0.2, 0.25) is 0 Å². The molecule has 0 bridgehead atoms. The smallest absolute Gasteiger partial charge is 0.0701 e. The summed E-state index contributed by atoms with van der Waals surface area (Å²) in [5, 5.41) is 8.54. The lowest BCUT2D eigenvalue weighted by atomic mass is 10.2. The van der Waals surface area contributed by atoms with E-state index in [2.05, 4.69) is 0 Å². The summed E-state index contributed by atoms with van der Waals surface area (Å²) in [4.78, 5) is 0. The van der Waals surface area contributed by atoms with Gasteiger partial charge in [-0.2, -0.15) is 0 Å². The van der Waals surface area contributed by atoms with Crippen molar-refractivity contribution in [3.63, 3.8) is 0 Å². The van der Waals surface area contributed by atoms with E-state index in [1.807, 2.05) is 0 Å². The molecule has 0 amide bonds. The van der Waals surface area contributed by atoms with Gasteiger partial charge in [-0.25, -0.2) is 0 Å². The number of aliphatic hydroxyl groups is 1. The second-order valence-electron chi connectivity index (χ2n) is 6.73. The van der Waals surface area contributed by atoms with Crippen molar-refractivity contribution >= 4 is 11.6 Å². The van der Waals surface area contributed by atoms with E-state index in [1.54, 1.807) is 0 Å². The molecule has 0 saturated heterocycles. The van der Waals surface area contributed by atoms with Crippen LogP contribution in [0, 0.1) is 0 Å². The maximum Gasteiger partial charge on any atom is 0.0701 e. The van der Waals surface area contributed by atoms with Crippen molar-refractivity contribution in [3.05, 3.63) is 0 Å².